The van der Waals surface area contributed by atoms with Crippen molar-refractivity contribution in [2.24, 2.45) is 11.0 Å². The monoisotopic (exact) mass is 197 g/mol. The summed E-state index contributed by atoms with van der Waals surface area (Å²) in [7, 11) is 0. The molecule has 7 heteroatoms. The first-order valence-corrected chi connectivity index (χ1v) is 4.12. The first-order chi connectivity index (χ1) is 6.61. The third kappa shape index (κ3) is 1.56. The predicted molar refractivity (Wildman–Crippen MR) is 50.3 cm³/mol. The number of primary amides is 1. The van der Waals surface area contributed by atoms with Crippen LogP contribution in [0, 0.1) is 4.91 Å². The Labute approximate surface area is 80.0 Å². The number of hydrogen-bond acceptors (Lipinski definition) is 5. The number of carbonyl (C=O) groups excluding carboxylic acids is 1. The van der Waals surface area contributed by atoms with E-state index >= 15 is 0 Å². The molecule has 0 radical (unpaired) electrons. The van der Waals surface area contributed by atoms with Gasteiger partial charge in [0.1, 0.15) is 0 Å². The average molecular weight is 197 g/mol. The Balaban J connectivity index is 3.25. The van der Waals surface area contributed by atoms with Gasteiger partial charge in [-0.3, -0.25) is 4.79 Å². The maximum Gasteiger partial charge on any atom is 0.271 e. The minimum atomic E-state index is -0.808. The molecule has 1 aromatic heterocycles. The van der Waals surface area contributed by atoms with Gasteiger partial charge in [-0.25, -0.2) is 0 Å². The van der Waals surface area contributed by atoms with E-state index in [2.05, 4.69) is 10.4 Å². The number of amides is 1. The van der Waals surface area contributed by atoms with Gasteiger partial charge in [-0.1, -0.05) is 13.3 Å². The molecular formula is C7H11N5O2. The van der Waals surface area contributed by atoms with Crippen LogP contribution in [0.4, 0.5) is 5.69 Å². The zero-order valence-corrected chi connectivity index (χ0v) is 7.73. The van der Waals surface area contributed by atoms with Crippen molar-refractivity contribution in [3.8, 4) is 0 Å². The molecule has 1 rings (SSSR count). The summed E-state index contributed by atoms with van der Waals surface area (Å²) in [5.74, 6) is -0.808. The smallest absolute Gasteiger partial charge is 0.271 e. The lowest BCUT2D eigenvalue weighted by Gasteiger charge is -1.94. The third-order valence-electron chi connectivity index (χ3n) is 1.78. The summed E-state index contributed by atoms with van der Waals surface area (Å²) in [5, 5.41) is 6.28. The molecule has 4 N–H and O–H groups in total. The van der Waals surface area contributed by atoms with Crippen molar-refractivity contribution < 1.29 is 4.79 Å². The van der Waals surface area contributed by atoms with Crippen LogP contribution in [0.1, 0.15) is 29.5 Å². The molecule has 1 aromatic rings. The van der Waals surface area contributed by atoms with E-state index in [1.807, 2.05) is 6.92 Å². The molecule has 7 nitrogen and oxygen atoms in total. The van der Waals surface area contributed by atoms with Crippen molar-refractivity contribution in [2.45, 2.75) is 19.8 Å². The van der Waals surface area contributed by atoms with Crippen LogP contribution in [-0.2, 0) is 6.42 Å². The average Bonchev–Trinajstić information content (AvgIpc) is 2.44. The van der Waals surface area contributed by atoms with Gasteiger partial charge in [0.25, 0.3) is 5.91 Å². The van der Waals surface area contributed by atoms with E-state index in [0.717, 1.165) is 6.42 Å². The van der Waals surface area contributed by atoms with Gasteiger partial charge in [0, 0.05) is 0 Å². The maximum atomic E-state index is 10.9. The van der Waals surface area contributed by atoms with Gasteiger partial charge in [0.2, 0.25) is 0 Å². The molecule has 0 aromatic carbocycles. The quantitative estimate of drug-likeness (QED) is 0.663. The largest absolute Gasteiger partial charge is 0.395 e. The molecule has 0 aliphatic carbocycles. The highest BCUT2D eigenvalue weighted by Crippen LogP contribution is 2.17. The lowest BCUT2D eigenvalue weighted by molar-refractivity contribution is 0.0992. The molecular weight excluding hydrogens is 186 g/mol. The van der Waals surface area contributed by atoms with Crippen LogP contribution in [-0.4, -0.2) is 15.8 Å². The number of rotatable bonds is 4. The number of aryl methyl sites for hydroxylation is 1. The highest BCUT2D eigenvalue weighted by atomic mass is 16.3. The van der Waals surface area contributed by atoms with Gasteiger partial charge in [-0.2, -0.15) is 0 Å². The van der Waals surface area contributed by atoms with Crippen LogP contribution in [0.2, 0.25) is 0 Å². The van der Waals surface area contributed by atoms with E-state index in [4.69, 9.17) is 11.5 Å². The van der Waals surface area contributed by atoms with Gasteiger partial charge in [-0.05, 0) is 6.42 Å². The van der Waals surface area contributed by atoms with Crippen LogP contribution < -0.4 is 11.5 Å². The summed E-state index contributed by atoms with van der Waals surface area (Å²) in [5.41, 5.74) is 11.1. The minimum absolute atomic E-state index is 0.138. The SMILES string of the molecule is CCCc1nn(N=O)c(C(N)=O)c1N. The fourth-order valence-electron chi connectivity index (χ4n) is 1.17. The zero-order chi connectivity index (χ0) is 10.7. The number of anilines is 1. The van der Waals surface area contributed by atoms with Crippen molar-refractivity contribution in [3.63, 3.8) is 0 Å². The van der Waals surface area contributed by atoms with Gasteiger partial charge in [0.15, 0.2) is 5.69 Å². The molecule has 0 aliphatic rings. The Bertz CT molecular complexity index is 370. The first kappa shape index (κ1) is 10.2. The van der Waals surface area contributed by atoms with Gasteiger partial charge < -0.3 is 11.5 Å². The number of nitrogen functional groups attached to an aromatic ring is 1. The minimum Gasteiger partial charge on any atom is -0.395 e. The van der Waals surface area contributed by atoms with Crippen LogP contribution in [0.15, 0.2) is 5.29 Å². The molecule has 0 unspecified atom stereocenters. The Hall–Kier alpha value is -1.92. The molecule has 0 saturated carbocycles. The summed E-state index contributed by atoms with van der Waals surface area (Å²) < 4.78 is 0. The molecule has 14 heavy (non-hydrogen) atoms. The fraction of sp³-hybridized carbons (Fsp3) is 0.429. The van der Waals surface area contributed by atoms with E-state index in [1.54, 1.807) is 0 Å². The van der Waals surface area contributed by atoms with Crippen LogP contribution in [0.25, 0.3) is 0 Å². The van der Waals surface area contributed by atoms with E-state index in [-0.39, 0.29) is 11.4 Å². The van der Waals surface area contributed by atoms with E-state index in [1.165, 1.54) is 0 Å². The molecule has 0 saturated heterocycles. The highest BCUT2D eigenvalue weighted by Gasteiger charge is 2.19. The van der Waals surface area contributed by atoms with Crippen molar-refractivity contribution in [1.29, 1.82) is 0 Å². The second-order valence-electron chi connectivity index (χ2n) is 2.79. The van der Waals surface area contributed by atoms with Crippen LogP contribution >= 0.6 is 0 Å². The number of carbonyl (C=O) groups is 1. The van der Waals surface area contributed by atoms with Gasteiger partial charge >= 0.3 is 0 Å². The lowest BCUT2D eigenvalue weighted by atomic mass is 10.2. The number of nitrogens with two attached hydrogens (primary N) is 2. The van der Waals surface area contributed by atoms with Crippen LogP contribution in [0.5, 0.6) is 0 Å². The Morgan fingerprint density at radius 1 is 1.64 bits per heavy atom. The maximum absolute atomic E-state index is 10.9. The summed E-state index contributed by atoms with van der Waals surface area (Å²) in [4.78, 5) is 21.8. The summed E-state index contributed by atoms with van der Waals surface area (Å²) in [6.45, 7) is 1.93. The Kier molecular flexibility index (Phi) is 2.80. The highest BCUT2D eigenvalue weighted by molar-refractivity contribution is 5.96. The number of nitroso groups, excluding NO2 is 1. The molecule has 0 spiro atoms. The Morgan fingerprint density at radius 2 is 2.29 bits per heavy atom. The zero-order valence-electron chi connectivity index (χ0n) is 7.73. The van der Waals surface area contributed by atoms with E-state index in [0.29, 0.717) is 16.9 Å². The van der Waals surface area contributed by atoms with Crippen molar-refractivity contribution in [1.82, 2.24) is 9.89 Å². The molecule has 1 amide bonds. The Morgan fingerprint density at radius 3 is 2.64 bits per heavy atom. The third-order valence-corrected chi connectivity index (χ3v) is 1.78. The second-order valence-corrected chi connectivity index (χ2v) is 2.79. The van der Waals surface area contributed by atoms with Crippen molar-refractivity contribution >= 4 is 11.6 Å². The van der Waals surface area contributed by atoms with E-state index < -0.39 is 5.91 Å². The predicted octanol–water partition coefficient (Wildman–Crippen LogP) is 0.0462. The molecule has 0 fully saturated rings. The van der Waals surface area contributed by atoms with Crippen molar-refractivity contribution in [3.05, 3.63) is 16.3 Å². The van der Waals surface area contributed by atoms with Gasteiger partial charge in [0.05, 0.1) is 16.7 Å². The van der Waals surface area contributed by atoms with Gasteiger partial charge in [-0.15, -0.1) is 14.8 Å². The summed E-state index contributed by atoms with van der Waals surface area (Å²) >= 11 is 0. The molecule has 0 atom stereocenters. The lowest BCUT2D eigenvalue weighted by Crippen LogP contribution is -2.17. The number of hydrogen-bond donors (Lipinski definition) is 2. The second kappa shape index (κ2) is 3.86. The molecule has 0 bridgehead atoms. The normalized spacial score (nSPS) is 10.1. The first-order valence-electron chi connectivity index (χ1n) is 4.12. The summed E-state index contributed by atoms with van der Waals surface area (Å²) in [6, 6.07) is 0. The molecule has 76 valence electrons. The standard InChI is InChI=1S/C7H11N5O2/c1-2-3-4-5(8)6(7(9)13)12(10-4)11-14/h2-3,8H2,1H3,(H2,9,13). The number of nitrogens with zero attached hydrogens (tertiary/aromatic N) is 3. The van der Waals surface area contributed by atoms with E-state index in [9.17, 15) is 9.70 Å². The topological polar surface area (TPSA) is 116 Å². The number of aromatic nitrogens is 2. The molecule has 0 aliphatic heterocycles. The summed E-state index contributed by atoms with van der Waals surface area (Å²) in [6.07, 6.45) is 1.38. The fourth-order valence-corrected chi connectivity index (χ4v) is 1.17. The van der Waals surface area contributed by atoms with Crippen LogP contribution in [0.3, 0.4) is 0 Å². The molecule has 1 heterocycles. The van der Waals surface area contributed by atoms with Crippen molar-refractivity contribution in [2.75, 3.05) is 5.73 Å².